The Kier molecular flexibility index (Phi) is 8.12. The molecule has 0 amide bonds. The molecule has 1 unspecified atom stereocenters. The Labute approximate surface area is 234 Å². The van der Waals surface area contributed by atoms with Crippen molar-refractivity contribution in [1.29, 1.82) is 0 Å². The molecule has 2 saturated heterocycles. The number of halogens is 2. The van der Waals surface area contributed by atoms with Crippen LogP contribution in [-0.4, -0.2) is 68.9 Å². The Morgan fingerprint density at radius 1 is 1.24 bits per heavy atom. The Balaban J connectivity index is 1.34. The highest BCUT2D eigenvalue weighted by Crippen LogP contribution is 2.34. The smallest absolute Gasteiger partial charge is 0.305 e. The summed E-state index contributed by atoms with van der Waals surface area (Å²) in [4.78, 5) is 26.6. The first-order chi connectivity index (χ1) is 18.3. The van der Waals surface area contributed by atoms with E-state index in [1.54, 1.807) is 6.07 Å². The molecule has 3 aromatic rings. The number of hydrogen-bond donors (Lipinski definition) is 0. The first kappa shape index (κ1) is 27.2. The molecule has 0 N–H and O–H groups in total. The summed E-state index contributed by atoms with van der Waals surface area (Å²) in [5.41, 5.74) is 3.35. The van der Waals surface area contributed by atoms with Gasteiger partial charge in [0.05, 0.1) is 25.0 Å². The molecule has 2 fully saturated rings. The number of ether oxygens (including phenoxy) is 1. The molecule has 1 aromatic carbocycles. The van der Waals surface area contributed by atoms with Gasteiger partial charge in [-0.05, 0) is 77.1 Å². The third kappa shape index (κ3) is 5.36. The van der Waals surface area contributed by atoms with Gasteiger partial charge in [-0.3, -0.25) is 9.69 Å². The van der Waals surface area contributed by atoms with Gasteiger partial charge in [0.1, 0.15) is 11.3 Å². The number of hydrogen-bond acceptors (Lipinski definition) is 7. The standard InChI is InChI=1S/C28H36Cl2N6O2/c1-17-14-22(35-12-5-6-21(35)8-10-26(37)38-4)11-13-34(17)25-16-31-27-18(2)33-36(28(27)32-25)19(3)23-9-7-20(29)15-24(23)30/h7,9,15-17,19,21-22H,5-6,8,10-14H2,1-4H3/t17-,19+,21-,22?/m0/s1. The summed E-state index contributed by atoms with van der Waals surface area (Å²) in [7, 11) is 1.47. The number of carbonyl (C=O) groups is 1. The van der Waals surface area contributed by atoms with Crippen LogP contribution in [-0.2, 0) is 9.53 Å². The van der Waals surface area contributed by atoms with E-state index < -0.39 is 0 Å². The number of aryl methyl sites for hydroxylation is 1. The zero-order valence-electron chi connectivity index (χ0n) is 22.5. The van der Waals surface area contributed by atoms with Crippen LogP contribution in [0.3, 0.4) is 0 Å². The van der Waals surface area contributed by atoms with Gasteiger partial charge in [0.15, 0.2) is 5.65 Å². The van der Waals surface area contributed by atoms with Crippen molar-refractivity contribution in [2.24, 2.45) is 0 Å². The molecule has 10 heteroatoms. The summed E-state index contributed by atoms with van der Waals surface area (Å²) in [6.45, 7) is 8.33. The molecule has 5 rings (SSSR count). The molecule has 2 aliphatic rings. The van der Waals surface area contributed by atoms with Crippen LogP contribution in [0.25, 0.3) is 11.2 Å². The summed E-state index contributed by atoms with van der Waals surface area (Å²) in [6.07, 6.45) is 7.73. The van der Waals surface area contributed by atoms with Crippen LogP contribution in [0.1, 0.15) is 69.7 Å². The van der Waals surface area contributed by atoms with E-state index >= 15 is 0 Å². The van der Waals surface area contributed by atoms with Gasteiger partial charge >= 0.3 is 5.97 Å². The lowest BCUT2D eigenvalue weighted by Crippen LogP contribution is -2.50. The molecule has 4 heterocycles. The van der Waals surface area contributed by atoms with Gasteiger partial charge in [-0.1, -0.05) is 29.3 Å². The monoisotopic (exact) mass is 558 g/mol. The fraction of sp³-hybridized carbons (Fsp3) is 0.571. The molecule has 2 aromatic heterocycles. The number of aromatic nitrogens is 4. The first-order valence-corrected chi connectivity index (χ1v) is 14.3. The quantitative estimate of drug-likeness (QED) is 0.338. The van der Waals surface area contributed by atoms with Crippen molar-refractivity contribution in [1.82, 2.24) is 24.6 Å². The second-order valence-electron chi connectivity index (χ2n) is 10.6. The van der Waals surface area contributed by atoms with Gasteiger partial charge in [0, 0.05) is 41.1 Å². The van der Waals surface area contributed by atoms with E-state index in [4.69, 9.17) is 43.0 Å². The Morgan fingerprint density at radius 3 is 2.79 bits per heavy atom. The maximum atomic E-state index is 11.7. The SMILES string of the molecule is COC(=O)CC[C@@H]1CCCN1C1CCN(c2cnc3c(C)nn([C@H](C)c4ccc(Cl)cc4Cl)c3n2)[C@@H](C)C1. The van der Waals surface area contributed by atoms with E-state index in [2.05, 4.69) is 23.6 Å². The van der Waals surface area contributed by atoms with Gasteiger partial charge in [-0.25, -0.2) is 14.6 Å². The lowest BCUT2D eigenvalue weighted by molar-refractivity contribution is -0.141. The summed E-state index contributed by atoms with van der Waals surface area (Å²) in [6, 6.07) is 6.73. The second-order valence-corrected chi connectivity index (χ2v) is 11.5. The number of anilines is 1. The van der Waals surface area contributed by atoms with Crippen LogP contribution < -0.4 is 4.90 Å². The predicted octanol–water partition coefficient (Wildman–Crippen LogP) is 5.83. The summed E-state index contributed by atoms with van der Waals surface area (Å²) in [5.74, 6) is 0.763. The fourth-order valence-electron chi connectivity index (χ4n) is 6.25. The minimum atomic E-state index is -0.124. The number of carbonyl (C=O) groups excluding carboxylic acids is 1. The zero-order valence-corrected chi connectivity index (χ0v) is 24.0. The van der Waals surface area contributed by atoms with E-state index in [0.717, 1.165) is 67.0 Å². The molecule has 38 heavy (non-hydrogen) atoms. The Bertz CT molecular complexity index is 1310. The van der Waals surface area contributed by atoms with E-state index in [1.807, 2.05) is 29.9 Å². The number of benzene rings is 1. The maximum absolute atomic E-state index is 11.7. The average molecular weight is 560 g/mol. The summed E-state index contributed by atoms with van der Waals surface area (Å²) in [5, 5.41) is 6.00. The molecule has 4 atom stereocenters. The van der Waals surface area contributed by atoms with Gasteiger partial charge < -0.3 is 9.64 Å². The molecule has 0 aliphatic carbocycles. The van der Waals surface area contributed by atoms with Crippen LogP contribution in [0.4, 0.5) is 5.82 Å². The molecule has 2 aliphatic heterocycles. The largest absolute Gasteiger partial charge is 0.469 e. The van der Waals surface area contributed by atoms with Crippen LogP contribution in [0.15, 0.2) is 24.4 Å². The summed E-state index contributed by atoms with van der Waals surface area (Å²) >= 11 is 12.7. The number of likely N-dealkylation sites (tertiary alicyclic amines) is 1. The van der Waals surface area contributed by atoms with Gasteiger partial charge in [-0.2, -0.15) is 5.10 Å². The highest BCUT2D eigenvalue weighted by atomic mass is 35.5. The molecular weight excluding hydrogens is 523 g/mol. The molecule has 0 bridgehead atoms. The number of fused-ring (bicyclic) bond motifs is 1. The molecule has 0 saturated carbocycles. The van der Waals surface area contributed by atoms with E-state index in [1.165, 1.54) is 13.5 Å². The van der Waals surface area contributed by atoms with E-state index in [-0.39, 0.29) is 12.0 Å². The van der Waals surface area contributed by atoms with Crippen molar-refractivity contribution in [3.63, 3.8) is 0 Å². The zero-order chi connectivity index (χ0) is 27.0. The third-order valence-corrected chi connectivity index (χ3v) is 8.84. The third-order valence-electron chi connectivity index (χ3n) is 8.28. The van der Waals surface area contributed by atoms with Crippen LogP contribution in [0, 0.1) is 6.92 Å². The van der Waals surface area contributed by atoms with Crippen molar-refractivity contribution < 1.29 is 9.53 Å². The highest BCUT2D eigenvalue weighted by Gasteiger charge is 2.36. The molecule has 204 valence electrons. The predicted molar refractivity (Wildman–Crippen MR) is 151 cm³/mol. The maximum Gasteiger partial charge on any atom is 0.305 e. The van der Waals surface area contributed by atoms with Gasteiger partial charge in [0.25, 0.3) is 0 Å². The number of esters is 1. The van der Waals surface area contributed by atoms with Crippen molar-refractivity contribution in [2.45, 2.75) is 83.5 Å². The molecule has 0 spiro atoms. The topological polar surface area (TPSA) is 76.4 Å². The van der Waals surface area contributed by atoms with Crippen LogP contribution in [0.2, 0.25) is 10.0 Å². The second kappa shape index (κ2) is 11.4. The molecule has 0 radical (unpaired) electrons. The number of methoxy groups -OCH3 is 1. The van der Waals surface area contributed by atoms with Crippen molar-refractivity contribution in [2.75, 3.05) is 25.1 Å². The normalized spacial score (nSPS) is 23.2. The van der Waals surface area contributed by atoms with Crippen LogP contribution in [0.5, 0.6) is 0 Å². The van der Waals surface area contributed by atoms with Crippen LogP contribution >= 0.6 is 23.2 Å². The molecular formula is C28H36Cl2N6O2. The van der Waals surface area contributed by atoms with Gasteiger partial charge in [0.2, 0.25) is 0 Å². The Hall–Kier alpha value is -2.42. The number of piperidine rings is 1. The van der Waals surface area contributed by atoms with E-state index in [9.17, 15) is 4.79 Å². The molecule has 8 nitrogen and oxygen atoms in total. The number of nitrogens with zero attached hydrogens (tertiary/aromatic N) is 6. The first-order valence-electron chi connectivity index (χ1n) is 13.5. The van der Waals surface area contributed by atoms with Crippen molar-refractivity contribution >= 4 is 46.2 Å². The minimum Gasteiger partial charge on any atom is -0.469 e. The number of rotatable bonds is 7. The lowest BCUT2D eigenvalue weighted by Gasteiger charge is -2.43. The lowest BCUT2D eigenvalue weighted by atomic mass is 9.95. The fourth-order valence-corrected chi connectivity index (χ4v) is 6.81. The van der Waals surface area contributed by atoms with Crippen molar-refractivity contribution in [3.8, 4) is 0 Å². The minimum absolute atomic E-state index is 0.115. The van der Waals surface area contributed by atoms with Gasteiger partial charge in [-0.15, -0.1) is 0 Å². The van der Waals surface area contributed by atoms with E-state index in [0.29, 0.717) is 34.6 Å². The summed E-state index contributed by atoms with van der Waals surface area (Å²) < 4.78 is 6.79. The highest BCUT2D eigenvalue weighted by molar-refractivity contribution is 6.35. The van der Waals surface area contributed by atoms with Crippen molar-refractivity contribution in [3.05, 3.63) is 45.7 Å². The Morgan fingerprint density at radius 2 is 2.05 bits per heavy atom. The average Bonchev–Trinajstić information content (AvgIpc) is 3.51.